The standard InChI is InChI=1S/C15H18Cl2N2O2.ClH/c16-10-2-4-14(12(17)5-10)21-8-15(20)19-6-9-1-3-13(18)11(9)7-19;/h2,4-5,9,11,13H,1,3,6-8,18H2;1H. The van der Waals surface area contributed by atoms with Crippen LogP contribution < -0.4 is 10.5 Å². The van der Waals surface area contributed by atoms with Gasteiger partial charge in [-0.1, -0.05) is 23.2 Å². The van der Waals surface area contributed by atoms with Crippen molar-refractivity contribution in [3.8, 4) is 5.75 Å². The van der Waals surface area contributed by atoms with Crippen molar-refractivity contribution in [2.75, 3.05) is 19.7 Å². The van der Waals surface area contributed by atoms with Crippen LogP contribution in [0.15, 0.2) is 18.2 Å². The highest BCUT2D eigenvalue weighted by Gasteiger charge is 2.42. The van der Waals surface area contributed by atoms with E-state index in [2.05, 4.69) is 0 Å². The van der Waals surface area contributed by atoms with Gasteiger partial charge in [-0.2, -0.15) is 0 Å². The minimum Gasteiger partial charge on any atom is -0.482 e. The van der Waals surface area contributed by atoms with Crippen molar-refractivity contribution in [3.63, 3.8) is 0 Å². The summed E-state index contributed by atoms with van der Waals surface area (Å²) in [6, 6.07) is 5.20. The minimum absolute atomic E-state index is 0. The second kappa shape index (κ2) is 7.26. The molecule has 1 aliphatic carbocycles. The number of carbonyl (C=O) groups excluding carboxylic acids is 1. The Balaban J connectivity index is 0.00000176. The molecule has 2 N–H and O–H groups in total. The fourth-order valence-electron chi connectivity index (χ4n) is 3.33. The first kappa shape index (κ1) is 17.7. The van der Waals surface area contributed by atoms with Gasteiger partial charge < -0.3 is 15.4 Å². The Morgan fingerprint density at radius 2 is 2.09 bits per heavy atom. The molecule has 3 unspecified atom stereocenters. The quantitative estimate of drug-likeness (QED) is 0.896. The molecular weight excluding hydrogens is 347 g/mol. The van der Waals surface area contributed by atoms with Crippen molar-refractivity contribution in [2.45, 2.75) is 18.9 Å². The molecule has 1 aromatic carbocycles. The number of likely N-dealkylation sites (tertiary alicyclic amines) is 1. The molecule has 1 aliphatic heterocycles. The van der Waals surface area contributed by atoms with Crippen LogP contribution in [0, 0.1) is 11.8 Å². The summed E-state index contributed by atoms with van der Waals surface area (Å²) < 4.78 is 5.50. The van der Waals surface area contributed by atoms with Crippen molar-refractivity contribution >= 4 is 41.5 Å². The third-order valence-electron chi connectivity index (χ3n) is 4.51. The summed E-state index contributed by atoms with van der Waals surface area (Å²) in [6.07, 6.45) is 2.20. The zero-order valence-corrected chi connectivity index (χ0v) is 14.3. The maximum atomic E-state index is 12.2. The molecule has 2 fully saturated rings. The van der Waals surface area contributed by atoms with Gasteiger partial charge in [0.25, 0.3) is 5.91 Å². The third kappa shape index (κ3) is 3.62. The van der Waals surface area contributed by atoms with Gasteiger partial charge in [-0.3, -0.25) is 4.79 Å². The number of fused-ring (bicyclic) bond motifs is 1. The summed E-state index contributed by atoms with van der Waals surface area (Å²) in [5.74, 6) is 1.48. The van der Waals surface area contributed by atoms with Crippen LogP contribution in [0.4, 0.5) is 0 Å². The molecule has 1 aromatic rings. The highest BCUT2D eigenvalue weighted by molar-refractivity contribution is 6.35. The molecular formula is C15H19Cl3N2O2. The maximum Gasteiger partial charge on any atom is 0.260 e. The zero-order valence-electron chi connectivity index (χ0n) is 12.0. The van der Waals surface area contributed by atoms with E-state index in [-0.39, 0.29) is 31.0 Å². The van der Waals surface area contributed by atoms with Gasteiger partial charge in [0.1, 0.15) is 5.75 Å². The molecule has 3 atom stereocenters. The molecule has 7 heteroatoms. The fraction of sp³-hybridized carbons (Fsp3) is 0.533. The monoisotopic (exact) mass is 364 g/mol. The van der Waals surface area contributed by atoms with E-state index in [0.717, 1.165) is 25.9 Å². The van der Waals surface area contributed by atoms with Crippen LogP contribution in [-0.2, 0) is 4.79 Å². The van der Waals surface area contributed by atoms with E-state index in [1.807, 2.05) is 4.90 Å². The number of rotatable bonds is 3. The first-order valence-corrected chi connectivity index (χ1v) is 7.91. The Labute approximate surface area is 146 Å². The summed E-state index contributed by atoms with van der Waals surface area (Å²) in [6.45, 7) is 1.55. The normalized spacial score (nSPS) is 26.5. The summed E-state index contributed by atoms with van der Waals surface area (Å²) >= 11 is 11.8. The molecule has 22 heavy (non-hydrogen) atoms. The van der Waals surface area contributed by atoms with Crippen LogP contribution in [0.5, 0.6) is 5.75 Å². The zero-order chi connectivity index (χ0) is 15.0. The molecule has 1 amide bonds. The minimum atomic E-state index is -0.0115. The molecule has 1 saturated heterocycles. The molecule has 0 radical (unpaired) electrons. The molecule has 2 aliphatic rings. The lowest BCUT2D eigenvalue weighted by atomic mass is 9.98. The fourth-order valence-corrected chi connectivity index (χ4v) is 3.80. The van der Waals surface area contributed by atoms with E-state index in [4.69, 9.17) is 33.7 Å². The topological polar surface area (TPSA) is 55.6 Å². The lowest BCUT2D eigenvalue weighted by Gasteiger charge is -2.19. The van der Waals surface area contributed by atoms with E-state index in [9.17, 15) is 4.79 Å². The Morgan fingerprint density at radius 3 is 2.77 bits per heavy atom. The molecule has 0 aromatic heterocycles. The number of halogens is 3. The highest BCUT2D eigenvalue weighted by atomic mass is 35.5. The van der Waals surface area contributed by atoms with Crippen molar-refractivity contribution in [2.24, 2.45) is 17.6 Å². The summed E-state index contributed by atoms with van der Waals surface area (Å²) in [7, 11) is 0. The lowest BCUT2D eigenvalue weighted by Crippen LogP contribution is -2.36. The SMILES string of the molecule is Cl.NC1CCC2CN(C(=O)COc3ccc(Cl)cc3Cl)CC12. The second-order valence-corrected chi connectivity index (χ2v) is 6.67. The third-order valence-corrected chi connectivity index (χ3v) is 5.04. The van der Waals surface area contributed by atoms with Gasteiger partial charge >= 0.3 is 0 Å². The molecule has 122 valence electrons. The van der Waals surface area contributed by atoms with Gasteiger partial charge in [0, 0.05) is 24.2 Å². The number of nitrogens with two attached hydrogens (primary N) is 1. The predicted octanol–water partition coefficient (Wildman–Crippen LogP) is 2.99. The Kier molecular flexibility index (Phi) is 5.83. The number of benzene rings is 1. The van der Waals surface area contributed by atoms with Crippen LogP contribution in [0.1, 0.15) is 12.8 Å². The van der Waals surface area contributed by atoms with E-state index in [1.165, 1.54) is 0 Å². The maximum absolute atomic E-state index is 12.2. The number of hydrogen-bond acceptors (Lipinski definition) is 3. The van der Waals surface area contributed by atoms with E-state index in [1.54, 1.807) is 18.2 Å². The first-order valence-electron chi connectivity index (χ1n) is 7.16. The first-order chi connectivity index (χ1) is 10.0. The van der Waals surface area contributed by atoms with Crippen molar-refractivity contribution in [1.82, 2.24) is 4.90 Å². The Hall–Kier alpha value is -0.680. The Morgan fingerprint density at radius 1 is 1.32 bits per heavy atom. The average Bonchev–Trinajstić information content (AvgIpc) is 3.00. The van der Waals surface area contributed by atoms with Crippen LogP contribution in [0.3, 0.4) is 0 Å². The number of hydrogen-bond donors (Lipinski definition) is 1. The van der Waals surface area contributed by atoms with E-state index in [0.29, 0.717) is 27.6 Å². The summed E-state index contributed by atoms with van der Waals surface area (Å²) in [5.41, 5.74) is 6.08. The molecule has 3 rings (SSSR count). The van der Waals surface area contributed by atoms with Gasteiger partial charge in [0.2, 0.25) is 0 Å². The number of amides is 1. The van der Waals surface area contributed by atoms with Crippen LogP contribution in [-0.4, -0.2) is 36.5 Å². The van der Waals surface area contributed by atoms with Crippen LogP contribution >= 0.6 is 35.6 Å². The molecule has 1 heterocycles. The largest absolute Gasteiger partial charge is 0.482 e. The van der Waals surface area contributed by atoms with Gasteiger partial charge in [0.05, 0.1) is 5.02 Å². The molecule has 0 spiro atoms. The average molecular weight is 366 g/mol. The summed E-state index contributed by atoms with van der Waals surface area (Å²) in [4.78, 5) is 14.1. The number of ether oxygens (including phenoxy) is 1. The van der Waals surface area contributed by atoms with Crippen LogP contribution in [0.2, 0.25) is 10.0 Å². The van der Waals surface area contributed by atoms with Crippen molar-refractivity contribution in [3.05, 3.63) is 28.2 Å². The highest BCUT2D eigenvalue weighted by Crippen LogP contribution is 2.37. The summed E-state index contributed by atoms with van der Waals surface area (Å²) in [5, 5.41) is 0.954. The Bertz CT molecular complexity index is 556. The van der Waals surface area contributed by atoms with E-state index >= 15 is 0 Å². The second-order valence-electron chi connectivity index (χ2n) is 5.83. The number of nitrogens with zero attached hydrogens (tertiary/aromatic N) is 1. The molecule has 0 bridgehead atoms. The van der Waals surface area contributed by atoms with Gasteiger partial charge in [-0.25, -0.2) is 0 Å². The molecule has 4 nitrogen and oxygen atoms in total. The van der Waals surface area contributed by atoms with Crippen molar-refractivity contribution in [1.29, 1.82) is 0 Å². The van der Waals surface area contributed by atoms with Crippen LogP contribution in [0.25, 0.3) is 0 Å². The van der Waals surface area contributed by atoms with Gasteiger partial charge in [0.15, 0.2) is 6.61 Å². The van der Waals surface area contributed by atoms with Crippen molar-refractivity contribution < 1.29 is 9.53 Å². The lowest BCUT2D eigenvalue weighted by molar-refractivity contribution is -0.132. The van der Waals surface area contributed by atoms with Gasteiger partial charge in [-0.15, -0.1) is 12.4 Å². The number of carbonyl (C=O) groups is 1. The molecule has 1 saturated carbocycles. The predicted molar refractivity (Wildman–Crippen MR) is 90.0 cm³/mol. The smallest absolute Gasteiger partial charge is 0.260 e. The van der Waals surface area contributed by atoms with Gasteiger partial charge in [-0.05, 0) is 42.9 Å². The van der Waals surface area contributed by atoms with E-state index < -0.39 is 0 Å².